The zero-order valence-electron chi connectivity index (χ0n) is 26.7. The van der Waals surface area contributed by atoms with Crippen molar-refractivity contribution in [2.45, 2.75) is 97.4 Å². The molecule has 244 valence electrons. The fourth-order valence-corrected chi connectivity index (χ4v) is 8.28. The van der Waals surface area contributed by atoms with Crippen LogP contribution in [0, 0.1) is 30.1 Å². The number of carbonyl (C=O) groups is 1. The van der Waals surface area contributed by atoms with Crippen molar-refractivity contribution in [2.24, 2.45) is 11.8 Å². The number of rotatable bonds is 9. The molecule has 1 aliphatic heterocycles. The number of alkyl halides is 3. The number of benzene rings is 1. The van der Waals surface area contributed by atoms with Gasteiger partial charge in [0, 0.05) is 67.3 Å². The number of thiophene rings is 1. The van der Waals surface area contributed by atoms with Gasteiger partial charge in [0.15, 0.2) is 0 Å². The summed E-state index contributed by atoms with van der Waals surface area (Å²) >= 11 is 1.10. The fourth-order valence-electron chi connectivity index (χ4n) is 7.20. The lowest BCUT2D eigenvalue weighted by Gasteiger charge is -2.33. The molecule has 0 bridgehead atoms. The van der Waals surface area contributed by atoms with E-state index in [1.54, 1.807) is 6.07 Å². The summed E-state index contributed by atoms with van der Waals surface area (Å²) < 4.78 is 41.3. The Morgan fingerprint density at radius 1 is 1.15 bits per heavy atom. The topological polar surface area (TPSA) is 86.8 Å². The normalized spacial score (nSPS) is 19.2. The number of hydrogen-bond donors (Lipinski definition) is 1. The van der Waals surface area contributed by atoms with E-state index < -0.39 is 12.6 Å². The van der Waals surface area contributed by atoms with E-state index in [4.69, 9.17) is 0 Å². The SMILES string of the molecule is CCc1nc(NC2CCN(Cc3ccc4c(cc(C#N)n4C[C@H](C)C4CCCC(=O)C4)c3C)CC2)c2cc(CC(F)(F)F)sc2n1. The number of fused-ring (bicyclic) bond motifs is 2. The van der Waals surface area contributed by atoms with Crippen LogP contribution in [0.3, 0.4) is 0 Å². The highest BCUT2D eigenvalue weighted by Crippen LogP contribution is 2.35. The van der Waals surface area contributed by atoms with Gasteiger partial charge < -0.3 is 9.88 Å². The van der Waals surface area contributed by atoms with Crippen LogP contribution < -0.4 is 5.32 Å². The summed E-state index contributed by atoms with van der Waals surface area (Å²) in [5, 5.41) is 15.3. The number of aryl methyl sites for hydroxylation is 2. The monoisotopic (exact) mass is 650 g/mol. The van der Waals surface area contributed by atoms with Gasteiger partial charge in [-0.2, -0.15) is 18.4 Å². The van der Waals surface area contributed by atoms with Crippen LogP contribution >= 0.6 is 11.3 Å². The van der Waals surface area contributed by atoms with Crippen molar-refractivity contribution < 1.29 is 18.0 Å². The molecule has 0 spiro atoms. The second kappa shape index (κ2) is 13.3. The number of piperidine rings is 1. The minimum absolute atomic E-state index is 0.169. The number of hydrogen-bond acceptors (Lipinski definition) is 7. The number of carbonyl (C=O) groups excluding carboxylic acids is 1. The lowest BCUT2D eigenvalue weighted by molar-refractivity contribution is -0.126. The molecule has 0 radical (unpaired) electrons. The van der Waals surface area contributed by atoms with Crippen LogP contribution in [0.15, 0.2) is 24.3 Å². The molecule has 4 aromatic rings. The Kier molecular flexibility index (Phi) is 9.40. The van der Waals surface area contributed by atoms with Gasteiger partial charge in [0.1, 0.15) is 34.0 Å². The van der Waals surface area contributed by atoms with Crippen LogP contribution in [0.5, 0.6) is 0 Å². The van der Waals surface area contributed by atoms with Crippen molar-refractivity contribution in [1.29, 1.82) is 5.26 Å². The Balaban J connectivity index is 1.12. The van der Waals surface area contributed by atoms with Crippen LogP contribution in [-0.4, -0.2) is 50.5 Å². The molecule has 2 atom stereocenters. The average Bonchev–Trinajstić information content (AvgIpc) is 3.59. The molecule has 1 unspecified atom stereocenters. The standard InChI is InChI=1S/C35H41F3N6OS/c1-4-32-41-33(30-16-28(17-35(36,37)38)46-34(30)42-32)40-25-10-12-43(13-11-25)20-24-8-9-31-29(22(24)3)15-26(18-39)44(31)19-21(2)23-6-5-7-27(45)14-23/h8-9,15-16,21,23,25H,4-7,10-14,17,19-20H2,1-3H3,(H,40,41,42)/t21-,23?/m0/s1. The summed E-state index contributed by atoms with van der Waals surface area (Å²) in [6.45, 7) is 9.61. The zero-order valence-corrected chi connectivity index (χ0v) is 27.5. The van der Waals surface area contributed by atoms with E-state index in [0.29, 0.717) is 64.4 Å². The maximum Gasteiger partial charge on any atom is 0.393 e. The van der Waals surface area contributed by atoms with Crippen molar-refractivity contribution in [2.75, 3.05) is 18.4 Å². The predicted molar refractivity (Wildman–Crippen MR) is 176 cm³/mol. The van der Waals surface area contributed by atoms with Gasteiger partial charge in [0.05, 0.1) is 11.8 Å². The van der Waals surface area contributed by atoms with Gasteiger partial charge in [-0.15, -0.1) is 11.3 Å². The molecule has 1 saturated heterocycles. The Labute approximate surface area is 271 Å². The van der Waals surface area contributed by atoms with Crippen molar-refractivity contribution in [3.05, 3.63) is 51.8 Å². The molecular formula is C35H41F3N6OS. The van der Waals surface area contributed by atoms with Crippen molar-refractivity contribution in [1.82, 2.24) is 19.4 Å². The van der Waals surface area contributed by atoms with Gasteiger partial charge in [-0.3, -0.25) is 9.69 Å². The third-order valence-corrected chi connectivity index (χ3v) is 10.9. The number of likely N-dealkylation sites (tertiary alicyclic amines) is 1. The largest absolute Gasteiger partial charge is 0.393 e. The fraction of sp³-hybridized carbons (Fsp3) is 0.543. The first-order valence-corrected chi connectivity index (χ1v) is 17.2. The molecular weight excluding hydrogens is 609 g/mol. The number of anilines is 1. The molecule has 1 aliphatic carbocycles. The van der Waals surface area contributed by atoms with E-state index in [1.807, 2.05) is 13.0 Å². The molecule has 1 N–H and O–H groups in total. The zero-order chi connectivity index (χ0) is 32.6. The third-order valence-electron chi connectivity index (χ3n) is 9.88. The number of nitrogens with zero attached hydrogens (tertiary/aromatic N) is 5. The van der Waals surface area contributed by atoms with Gasteiger partial charge in [-0.05, 0) is 73.8 Å². The Hall–Kier alpha value is -3.49. The molecule has 1 aromatic carbocycles. The van der Waals surface area contributed by atoms with Crippen LogP contribution in [0.4, 0.5) is 19.0 Å². The van der Waals surface area contributed by atoms with E-state index in [0.717, 1.165) is 74.1 Å². The van der Waals surface area contributed by atoms with Gasteiger partial charge in [-0.25, -0.2) is 9.97 Å². The number of Topliss-reactive ketones (excluding diaryl/α,β-unsaturated/α-hetero) is 1. The van der Waals surface area contributed by atoms with Crippen LogP contribution in [0.25, 0.3) is 21.1 Å². The van der Waals surface area contributed by atoms with Gasteiger partial charge >= 0.3 is 6.18 Å². The Bertz CT molecular complexity index is 1780. The number of halogens is 3. The van der Waals surface area contributed by atoms with Crippen molar-refractivity contribution >= 4 is 44.1 Å². The minimum Gasteiger partial charge on any atom is -0.367 e. The first-order chi connectivity index (χ1) is 22.0. The highest BCUT2D eigenvalue weighted by Gasteiger charge is 2.30. The van der Waals surface area contributed by atoms with Crippen LogP contribution in [0.1, 0.15) is 79.9 Å². The van der Waals surface area contributed by atoms with Crippen molar-refractivity contribution in [3.8, 4) is 6.07 Å². The van der Waals surface area contributed by atoms with Crippen molar-refractivity contribution in [3.63, 3.8) is 0 Å². The number of nitrogens with one attached hydrogen (secondary N) is 1. The highest BCUT2D eigenvalue weighted by atomic mass is 32.1. The van der Waals surface area contributed by atoms with E-state index in [1.165, 1.54) is 11.1 Å². The minimum atomic E-state index is -4.26. The average molecular weight is 651 g/mol. The molecule has 3 aromatic heterocycles. The second-order valence-corrected chi connectivity index (χ2v) is 14.3. The smallest absolute Gasteiger partial charge is 0.367 e. The summed E-state index contributed by atoms with van der Waals surface area (Å²) in [6, 6.07) is 10.5. The van der Waals surface area contributed by atoms with Gasteiger partial charge in [0.2, 0.25) is 0 Å². The van der Waals surface area contributed by atoms with Gasteiger partial charge in [-0.1, -0.05) is 19.9 Å². The summed E-state index contributed by atoms with van der Waals surface area (Å²) in [7, 11) is 0. The molecule has 2 aliphatic rings. The lowest BCUT2D eigenvalue weighted by Crippen LogP contribution is -2.39. The summed E-state index contributed by atoms with van der Waals surface area (Å²) in [6.07, 6.45) is 0.567. The van der Waals surface area contributed by atoms with E-state index in [2.05, 4.69) is 56.8 Å². The maximum absolute atomic E-state index is 13.1. The summed E-state index contributed by atoms with van der Waals surface area (Å²) in [5.74, 6) is 2.31. The molecule has 1 saturated carbocycles. The number of aromatic nitrogens is 3. The quantitative estimate of drug-likeness (QED) is 0.198. The molecule has 6 rings (SSSR count). The Morgan fingerprint density at radius 2 is 1.93 bits per heavy atom. The highest BCUT2D eigenvalue weighted by molar-refractivity contribution is 7.18. The molecule has 7 nitrogen and oxygen atoms in total. The molecule has 46 heavy (non-hydrogen) atoms. The molecule has 2 fully saturated rings. The predicted octanol–water partition coefficient (Wildman–Crippen LogP) is 7.97. The molecule has 11 heteroatoms. The van der Waals surface area contributed by atoms with E-state index >= 15 is 0 Å². The van der Waals surface area contributed by atoms with Gasteiger partial charge in [0.25, 0.3) is 0 Å². The first-order valence-electron chi connectivity index (χ1n) is 16.4. The molecule has 0 amide bonds. The summed E-state index contributed by atoms with van der Waals surface area (Å²) in [4.78, 5) is 24.5. The Morgan fingerprint density at radius 3 is 2.63 bits per heavy atom. The lowest BCUT2D eigenvalue weighted by atomic mass is 9.80. The maximum atomic E-state index is 13.1. The number of ketones is 1. The van der Waals surface area contributed by atoms with Crippen LogP contribution in [-0.2, 0) is 30.7 Å². The third kappa shape index (κ3) is 7.08. The molecule has 4 heterocycles. The van der Waals surface area contributed by atoms with E-state index in [-0.39, 0.29) is 10.9 Å². The van der Waals surface area contributed by atoms with Crippen LogP contribution in [0.2, 0.25) is 0 Å². The first kappa shape index (κ1) is 32.5. The second-order valence-electron chi connectivity index (χ2n) is 13.2. The van der Waals surface area contributed by atoms with E-state index in [9.17, 15) is 23.2 Å². The number of nitriles is 1. The summed E-state index contributed by atoms with van der Waals surface area (Å²) in [5.41, 5.74) is 4.17.